The molecule has 9 heteroatoms. The van der Waals surface area contributed by atoms with Crippen LogP contribution in [0.15, 0.2) is 59.7 Å². The van der Waals surface area contributed by atoms with E-state index in [2.05, 4.69) is 15.5 Å². The molecule has 0 unspecified atom stereocenters. The van der Waals surface area contributed by atoms with Crippen molar-refractivity contribution in [3.8, 4) is 5.82 Å². The van der Waals surface area contributed by atoms with Crippen molar-refractivity contribution in [1.29, 1.82) is 0 Å². The van der Waals surface area contributed by atoms with Gasteiger partial charge < -0.3 is 11.1 Å². The maximum atomic E-state index is 12.1. The molecule has 2 aromatic heterocycles. The first kappa shape index (κ1) is 16.1. The summed E-state index contributed by atoms with van der Waals surface area (Å²) in [4.78, 5) is 35.0. The molecule has 2 amide bonds. The van der Waals surface area contributed by atoms with Crippen LogP contribution < -0.4 is 16.6 Å². The number of rotatable bonds is 5. The first-order chi connectivity index (χ1) is 12.0. The van der Waals surface area contributed by atoms with Gasteiger partial charge in [0.25, 0.3) is 5.56 Å². The number of nitrogens with two attached hydrogens (primary N) is 1. The topological polar surface area (TPSA) is 125 Å². The van der Waals surface area contributed by atoms with Gasteiger partial charge in [-0.3, -0.25) is 14.4 Å². The fourth-order valence-corrected chi connectivity index (χ4v) is 2.13. The van der Waals surface area contributed by atoms with E-state index in [9.17, 15) is 14.4 Å². The van der Waals surface area contributed by atoms with Crippen LogP contribution in [0.4, 0.5) is 5.69 Å². The number of carbonyl (C=O) groups is 2. The van der Waals surface area contributed by atoms with Gasteiger partial charge in [0.15, 0.2) is 5.82 Å². The lowest BCUT2D eigenvalue weighted by Crippen LogP contribution is -2.30. The van der Waals surface area contributed by atoms with Gasteiger partial charge in [0, 0.05) is 29.7 Å². The lowest BCUT2D eigenvalue weighted by molar-refractivity contribution is -0.117. The van der Waals surface area contributed by atoms with E-state index in [1.165, 1.54) is 28.9 Å². The average molecular weight is 338 g/mol. The van der Waals surface area contributed by atoms with E-state index >= 15 is 0 Å². The Morgan fingerprint density at radius 2 is 1.88 bits per heavy atom. The number of benzene rings is 1. The summed E-state index contributed by atoms with van der Waals surface area (Å²) < 4.78 is 2.53. The molecule has 0 fully saturated rings. The lowest BCUT2D eigenvalue weighted by atomic mass is 10.2. The van der Waals surface area contributed by atoms with E-state index in [1.54, 1.807) is 30.6 Å². The number of nitrogens with zero attached hydrogens (tertiary/aromatic N) is 4. The molecular weight excluding hydrogens is 324 g/mol. The highest BCUT2D eigenvalue weighted by Gasteiger charge is 2.09. The monoisotopic (exact) mass is 338 g/mol. The quantitative estimate of drug-likeness (QED) is 0.686. The second-order valence-electron chi connectivity index (χ2n) is 5.13. The third-order valence-electron chi connectivity index (χ3n) is 3.34. The molecule has 2 heterocycles. The van der Waals surface area contributed by atoms with E-state index in [1.807, 2.05) is 0 Å². The van der Waals surface area contributed by atoms with Crippen LogP contribution in [-0.2, 0) is 11.3 Å². The fraction of sp³-hybridized carbons (Fsp3) is 0.0625. The highest BCUT2D eigenvalue weighted by Crippen LogP contribution is 2.09. The van der Waals surface area contributed by atoms with Gasteiger partial charge in [0.2, 0.25) is 11.8 Å². The standard InChI is InChI=1S/C16H14N6O3/c17-16(25)11-2-4-12(5-3-11)19-14(23)10-22-15(24)7-6-13(20-22)21-9-1-8-18-21/h1-9H,10H2,(H2,17,25)(H,19,23). The first-order valence-electron chi connectivity index (χ1n) is 7.31. The number of carbonyl (C=O) groups excluding carboxylic acids is 2. The smallest absolute Gasteiger partial charge is 0.267 e. The number of hydrogen-bond donors (Lipinski definition) is 2. The molecule has 3 rings (SSSR count). The zero-order chi connectivity index (χ0) is 17.8. The third-order valence-corrected chi connectivity index (χ3v) is 3.34. The Kier molecular flexibility index (Phi) is 4.38. The van der Waals surface area contributed by atoms with Crippen LogP contribution >= 0.6 is 0 Å². The van der Waals surface area contributed by atoms with E-state index in [0.29, 0.717) is 17.1 Å². The van der Waals surface area contributed by atoms with Gasteiger partial charge in [-0.25, -0.2) is 9.36 Å². The molecule has 0 bridgehead atoms. The normalized spacial score (nSPS) is 10.4. The van der Waals surface area contributed by atoms with Crippen LogP contribution in [0.2, 0.25) is 0 Å². The summed E-state index contributed by atoms with van der Waals surface area (Å²) >= 11 is 0. The van der Waals surface area contributed by atoms with Gasteiger partial charge in [-0.2, -0.15) is 5.10 Å². The molecular formula is C16H14N6O3. The first-order valence-corrected chi connectivity index (χ1v) is 7.31. The molecule has 25 heavy (non-hydrogen) atoms. The maximum Gasteiger partial charge on any atom is 0.267 e. The van der Waals surface area contributed by atoms with E-state index in [-0.39, 0.29) is 6.54 Å². The molecule has 0 aliphatic carbocycles. The van der Waals surface area contributed by atoms with Crippen molar-refractivity contribution in [2.75, 3.05) is 5.32 Å². The second-order valence-corrected chi connectivity index (χ2v) is 5.13. The van der Waals surface area contributed by atoms with Gasteiger partial charge in [0.05, 0.1) is 0 Å². The van der Waals surface area contributed by atoms with E-state index in [0.717, 1.165) is 4.68 Å². The Labute approximate surface area is 141 Å². The summed E-state index contributed by atoms with van der Waals surface area (Å²) in [6.45, 7) is -0.258. The van der Waals surface area contributed by atoms with Gasteiger partial charge in [0.1, 0.15) is 6.54 Å². The SMILES string of the molecule is NC(=O)c1ccc(NC(=O)Cn2nc(-n3cccn3)ccc2=O)cc1. The molecule has 0 aliphatic heterocycles. The van der Waals surface area contributed by atoms with Crippen molar-refractivity contribution < 1.29 is 9.59 Å². The predicted molar refractivity (Wildman–Crippen MR) is 89.2 cm³/mol. The molecule has 9 nitrogen and oxygen atoms in total. The highest BCUT2D eigenvalue weighted by atomic mass is 16.2. The second kappa shape index (κ2) is 6.79. The minimum absolute atomic E-state index is 0.258. The zero-order valence-electron chi connectivity index (χ0n) is 13.0. The van der Waals surface area contributed by atoms with Crippen LogP contribution in [0.1, 0.15) is 10.4 Å². The molecule has 0 spiro atoms. The van der Waals surface area contributed by atoms with Crippen molar-refractivity contribution in [3.63, 3.8) is 0 Å². The van der Waals surface area contributed by atoms with Crippen molar-refractivity contribution in [3.05, 3.63) is 70.8 Å². The molecule has 3 N–H and O–H groups in total. The predicted octanol–water partition coefficient (Wildman–Crippen LogP) is 0.167. The number of amides is 2. The van der Waals surface area contributed by atoms with E-state index < -0.39 is 17.4 Å². The van der Waals surface area contributed by atoms with Gasteiger partial charge in [-0.15, -0.1) is 5.10 Å². The average Bonchev–Trinajstić information content (AvgIpc) is 3.12. The molecule has 3 aromatic rings. The largest absolute Gasteiger partial charge is 0.366 e. The van der Waals surface area contributed by atoms with Crippen molar-refractivity contribution in [1.82, 2.24) is 19.6 Å². The summed E-state index contributed by atoms with van der Waals surface area (Å²) in [7, 11) is 0. The van der Waals surface area contributed by atoms with Crippen LogP contribution in [0.25, 0.3) is 5.82 Å². The summed E-state index contributed by atoms with van der Waals surface area (Å²) in [5.41, 5.74) is 5.57. The molecule has 0 radical (unpaired) electrons. The summed E-state index contributed by atoms with van der Waals surface area (Å²) in [5, 5.41) is 10.8. The third kappa shape index (κ3) is 3.78. The number of primary amides is 1. The summed E-state index contributed by atoms with van der Waals surface area (Å²) in [5.74, 6) is -0.564. The van der Waals surface area contributed by atoms with E-state index in [4.69, 9.17) is 5.73 Å². The van der Waals surface area contributed by atoms with Crippen LogP contribution in [0.5, 0.6) is 0 Å². The minimum atomic E-state index is -0.552. The van der Waals surface area contributed by atoms with Gasteiger partial charge in [-0.1, -0.05) is 0 Å². The van der Waals surface area contributed by atoms with Crippen LogP contribution in [0, 0.1) is 0 Å². The number of nitrogens with one attached hydrogen (secondary N) is 1. The number of hydrogen-bond acceptors (Lipinski definition) is 5. The van der Waals surface area contributed by atoms with Crippen molar-refractivity contribution in [2.24, 2.45) is 5.73 Å². The molecule has 0 saturated carbocycles. The molecule has 0 atom stereocenters. The van der Waals surface area contributed by atoms with Crippen LogP contribution in [0.3, 0.4) is 0 Å². The van der Waals surface area contributed by atoms with Crippen molar-refractivity contribution in [2.45, 2.75) is 6.54 Å². The highest BCUT2D eigenvalue weighted by molar-refractivity contribution is 5.94. The molecule has 0 saturated heterocycles. The fourth-order valence-electron chi connectivity index (χ4n) is 2.13. The zero-order valence-corrected chi connectivity index (χ0v) is 13.0. The number of anilines is 1. The van der Waals surface area contributed by atoms with Crippen molar-refractivity contribution >= 4 is 17.5 Å². The summed E-state index contributed by atoms with van der Waals surface area (Å²) in [6, 6.07) is 10.7. The Hall–Kier alpha value is -3.75. The van der Waals surface area contributed by atoms with Gasteiger partial charge in [-0.05, 0) is 36.4 Å². The molecule has 0 aliphatic rings. The molecule has 126 valence electrons. The van der Waals surface area contributed by atoms with Crippen LogP contribution in [-0.4, -0.2) is 31.4 Å². The lowest BCUT2D eigenvalue weighted by Gasteiger charge is -2.08. The maximum absolute atomic E-state index is 12.1. The molecule has 1 aromatic carbocycles. The Balaban J connectivity index is 1.73. The summed E-state index contributed by atoms with van der Waals surface area (Å²) in [6.07, 6.45) is 3.26. The Morgan fingerprint density at radius 3 is 2.52 bits per heavy atom. The Bertz CT molecular complexity index is 960. The van der Waals surface area contributed by atoms with Gasteiger partial charge >= 0.3 is 0 Å². The Morgan fingerprint density at radius 1 is 1.12 bits per heavy atom. The number of aromatic nitrogens is 4. The minimum Gasteiger partial charge on any atom is -0.366 e.